The van der Waals surface area contributed by atoms with Crippen molar-refractivity contribution in [1.82, 2.24) is 5.32 Å². The molecule has 0 heterocycles. The number of carbonyl (C=O) groups excluding carboxylic acids is 1. The topological polar surface area (TPSA) is 84.9 Å². The minimum atomic E-state index is -3.33. The molecule has 158 valence electrons. The van der Waals surface area contributed by atoms with Crippen LogP contribution < -0.4 is 19.1 Å². The maximum Gasteiger partial charge on any atom is 0.261 e. The van der Waals surface area contributed by atoms with Gasteiger partial charge in [0, 0.05) is 19.2 Å². The Kier molecular flexibility index (Phi) is 7.90. The summed E-state index contributed by atoms with van der Waals surface area (Å²) in [6.07, 6.45) is 0.968. The van der Waals surface area contributed by atoms with Crippen LogP contribution >= 0.6 is 0 Å². The Bertz CT molecular complexity index is 913. The first kappa shape index (κ1) is 22.5. The van der Waals surface area contributed by atoms with Gasteiger partial charge in [-0.2, -0.15) is 0 Å². The largest absolute Gasteiger partial charge is 0.494 e. The van der Waals surface area contributed by atoms with Crippen LogP contribution in [0.2, 0.25) is 0 Å². The fraction of sp³-hybridized carbons (Fsp3) is 0.381. The second kappa shape index (κ2) is 10.2. The zero-order valence-electron chi connectivity index (χ0n) is 17.2. The summed E-state index contributed by atoms with van der Waals surface area (Å²) in [5.74, 6) is 1.01. The second-order valence-corrected chi connectivity index (χ2v) is 8.51. The Balaban J connectivity index is 2.00. The van der Waals surface area contributed by atoms with Gasteiger partial charge in [0.05, 0.1) is 18.6 Å². The van der Waals surface area contributed by atoms with Crippen molar-refractivity contribution in [2.45, 2.75) is 32.9 Å². The minimum absolute atomic E-state index is 0.226. The molecule has 0 aliphatic heterocycles. The predicted molar refractivity (Wildman–Crippen MR) is 114 cm³/mol. The molecule has 0 fully saturated rings. The fourth-order valence-electron chi connectivity index (χ4n) is 2.65. The summed E-state index contributed by atoms with van der Waals surface area (Å²) in [5.41, 5.74) is 1.41. The van der Waals surface area contributed by atoms with E-state index in [4.69, 9.17) is 9.47 Å². The lowest BCUT2D eigenvalue weighted by molar-refractivity contribution is -0.128. The zero-order chi connectivity index (χ0) is 21.4. The molecule has 1 unspecified atom stereocenters. The number of anilines is 1. The van der Waals surface area contributed by atoms with Crippen LogP contribution in [0, 0.1) is 0 Å². The first-order valence-electron chi connectivity index (χ1n) is 9.45. The fourth-order valence-corrected chi connectivity index (χ4v) is 3.16. The van der Waals surface area contributed by atoms with Crippen molar-refractivity contribution in [3.63, 3.8) is 0 Å². The van der Waals surface area contributed by atoms with Crippen LogP contribution in [0.25, 0.3) is 0 Å². The van der Waals surface area contributed by atoms with Crippen LogP contribution in [0.4, 0.5) is 5.69 Å². The number of sulfonamides is 1. The average Bonchev–Trinajstić information content (AvgIpc) is 2.70. The summed E-state index contributed by atoms with van der Waals surface area (Å²) in [7, 11) is -1.85. The number of benzene rings is 2. The molecule has 0 aromatic heterocycles. The van der Waals surface area contributed by atoms with E-state index in [-0.39, 0.29) is 5.91 Å². The van der Waals surface area contributed by atoms with E-state index in [1.54, 1.807) is 24.3 Å². The van der Waals surface area contributed by atoms with Crippen LogP contribution in [0.15, 0.2) is 48.5 Å². The molecule has 29 heavy (non-hydrogen) atoms. The highest BCUT2D eigenvalue weighted by Crippen LogP contribution is 2.22. The van der Waals surface area contributed by atoms with E-state index in [1.807, 2.05) is 38.1 Å². The third kappa shape index (κ3) is 6.39. The molecule has 0 saturated heterocycles. The maximum absolute atomic E-state index is 12.6. The lowest BCUT2D eigenvalue weighted by atomic mass is 10.2. The van der Waals surface area contributed by atoms with E-state index in [0.717, 1.165) is 17.6 Å². The molecule has 2 aromatic rings. The van der Waals surface area contributed by atoms with Crippen LogP contribution in [0.1, 0.15) is 25.8 Å². The molecule has 0 aliphatic carbocycles. The van der Waals surface area contributed by atoms with Gasteiger partial charge in [0.15, 0.2) is 6.10 Å². The van der Waals surface area contributed by atoms with E-state index >= 15 is 0 Å². The molecule has 0 radical (unpaired) electrons. The highest BCUT2D eigenvalue weighted by molar-refractivity contribution is 7.92. The molecular formula is C21H28N2O5S. The normalized spacial score (nSPS) is 12.1. The van der Waals surface area contributed by atoms with E-state index < -0.39 is 16.1 Å². The Labute approximate surface area is 172 Å². The number of para-hydroxylation sites is 1. The van der Waals surface area contributed by atoms with Crippen LogP contribution in [-0.4, -0.2) is 40.3 Å². The van der Waals surface area contributed by atoms with Gasteiger partial charge < -0.3 is 14.8 Å². The number of nitrogens with one attached hydrogen (secondary N) is 1. The number of carbonyl (C=O) groups is 1. The first-order chi connectivity index (χ1) is 13.8. The third-order valence-electron chi connectivity index (χ3n) is 4.36. The van der Waals surface area contributed by atoms with Crippen molar-refractivity contribution in [2.24, 2.45) is 0 Å². The van der Waals surface area contributed by atoms with Gasteiger partial charge in [0.25, 0.3) is 5.91 Å². The lowest BCUT2D eigenvalue weighted by Crippen LogP contribution is -2.37. The monoisotopic (exact) mass is 420 g/mol. The summed E-state index contributed by atoms with van der Waals surface area (Å²) < 4.78 is 35.8. The smallest absolute Gasteiger partial charge is 0.261 e. The van der Waals surface area contributed by atoms with Crippen molar-refractivity contribution in [3.05, 3.63) is 54.1 Å². The molecule has 1 amide bonds. The predicted octanol–water partition coefficient (Wildman–Crippen LogP) is 2.95. The molecule has 1 atom stereocenters. The number of ether oxygens (including phenoxy) is 2. The van der Waals surface area contributed by atoms with Crippen LogP contribution in [-0.2, 0) is 21.4 Å². The molecule has 7 nitrogen and oxygen atoms in total. The summed E-state index contributed by atoms with van der Waals surface area (Å²) in [5, 5.41) is 2.89. The SMILES string of the molecule is CCOc1ccccc1CNC(=O)C(CC)Oc1ccc(N(C)S(C)(=O)=O)cc1. The molecular weight excluding hydrogens is 392 g/mol. The molecule has 0 aliphatic rings. The van der Waals surface area contributed by atoms with Gasteiger partial charge in [-0.15, -0.1) is 0 Å². The van der Waals surface area contributed by atoms with Crippen molar-refractivity contribution in [2.75, 3.05) is 24.2 Å². The van der Waals surface area contributed by atoms with E-state index in [9.17, 15) is 13.2 Å². The minimum Gasteiger partial charge on any atom is -0.494 e. The third-order valence-corrected chi connectivity index (χ3v) is 5.57. The lowest BCUT2D eigenvalue weighted by Gasteiger charge is -2.20. The van der Waals surface area contributed by atoms with Crippen molar-refractivity contribution < 1.29 is 22.7 Å². The van der Waals surface area contributed by atoms with Gasteiger partial charge in [-0.3, -0.25) is 9.10 Å². The number of rotatable bonds is 10. The van der Waals surface area contributed by atoms with Crippen LogP contribution in [0.5, 0.6) is 11.5 Å². The molecule has 8 heteroatoms. The molecule has 0 spiro atoms. The highest BCUT2D eigenvalue weighted by Gasteiger charge is 2.19. The summed E-state index contributed by atoms with van der Waals surface area (Å²) in [4.78, 5) is 12.6. The molecule has 2 rings (SSSR count). The van der Waals surface area contributed by atoms with E-state index in [2.05, 4.69) is 5.32 Å². The van der Waals surface area contributed by atoms with Gasteiger partial charge in [-0.25, -0.2) is 8.42 Å². The summed E-state index contributed by atoms with van der Waals surface area (Å²) in [6.45, 7) is 4.67. The summed E-state index contributed by atoms with van der Waals surface area (Å²) in [6, 6.07) is 14.1. The van der Waals surface area contributed by atoms with Gasteiger partial charge in [0.1, 0.15) is 11.5 Å². The highest BCUT2D eigenvalue weighted by atomic mass is 32.2. The van der Waals surface area contributed by atoms with Crippen molar-refractivity contribution >= 4 is 21.6 Å². The Morgan fingerprint density at radius 2 is 1.76 bits per heavy atom. The molecule has 0 saturated carbocycles. The maximum atomic E-state index is 12.6. The molecule has 0 bridgehead atoms. The second-order valence-electron chi connectivity index (χ2n) is 6.50. The number of hydrogen-bond acceptors (Lipinski definition) is 5. The van der Waals surface area contributed by atoms with E-state index in [1.165, 1.54) is 11.4 Å². The zero-order valence-corrected chi connectivity index (χ0v) is 18.0. The Morgan fingerprint density at radius 3 is 2.34 bits per heavy atom. The first-order valence-corrected chi connectivity index (χ1v) is 11.3. The van der Waals surface area contributed by atoms with Gasteiger partial charge in [-0.05, 0) is 43.7 Å². The number of amides is 1. The van der Waals surface area contributed by atoms with Crippen molar-refractivity contribution in [3.8, 4) is 11.5 Å². The molecule has 2 aromatic carbocycles. The quantitative estimate of drug-likeness (QED) is 0.639. The van der Waals surface area contributed by atoms with Gasteiger partial charge >= 0.3 is 0 Å². The Hall–Kier alpha value is -2.74. The standard InChI is InChI=1S/C21H28N2O5S/c1-5-19(21(24)22-15-16-9-7-8-10-20(16)27-6-2)28-18-13-11-17(12-14-18)23(3)29(4,25)26/h7-14,19H,5-6,15H2,1-4H3,(H,22,24). The van der Waals surface area contributed by atoms with E-state index in [0.29, 0.717) is 31.0 Å². The Morgan fingerprint density at radius 1 is 1.10 bits per heavy atom. The van der Waals surface area contributed by atoms with Crippen molar-refractivity contribution in [1.29, 1.82) is 0 Å². The average molecular weight is 421 g/mol. The number of nitrogens with zero attached hydrogens (tertiary/aromatic N) is 1. The molecule has 1 N–H and O–H groups in total. The van der Waals surface area contributed by atoms with Gasteiger partial charge in [-0.1, -0.05) is 25.1 Å². The number of hydrogen-bond donors (Lipinski definition) is 1. The van der Waals surface area contributed by atoms with Gasteiger partial charge in [0.2, 0.25) is 10.0 Å². The summed E-state index contributed by atoms with van der Waals surface area (Å²) >= 11 is 0. The van der Waals surface area contributed by atoms with Crippen LogP contribution in [0.3, 0.4) is 0 Å².